The Hall–Kier alpha value is -2.40. The summed E-state index contributed by atoms with van der Waals surface area (Å²) in [4.78, 5) is 12.1. The third-order valence-electron chi connectivity index (χ3n) is 2.72. The summed E-state index contributed by atoms with van der Waals surface area (Å²) in [5.41, 5.74) is 6.61. The van der Waals surface area contributed by atoms with Gasteiger partial charge >= 0.3 is 0 Å². The fourth-order valence-corrected chi connectivity index (χ4v) is 1.81. The average molecular weight is 293 g/mol. The number of hydrogen-bond donors (Lipinski definition) is 3. The van der Waals surface area contributed by atoms with Crippen LogP contribution in [0.1, 0.15) is 10.4 Å². The number of anilines is 2. The number of benzene rings is 2. The number of ether oxygens (including phenoxy) is 1. The van der Waals surface area contributed by atoms with E-state index in [-0.39, 0.29) is 17.1 Å². The topological polar surface area (TPSA) is 84.6 Å². The predicted molar refractivity (Wildman–Crippen MR) is 78.5 cm³/mol. The van der Waals surface area contributed by atoms with Crippen LogP contribution in [0.5, 0.6) is 11.5 Å². The Labute approximate surface area is 120 Å². The molecule has 6 heteroatoms. The maximum absolute atomic E-state index is 12.1. The molecule has 4 N–H and O–H groups in total. The third-order valence-corrected chi connectivity index (χ3v) is 3.06. The van der Waals surface area contributed by atoms with Crippen molar-refractivity contribution in [2.45, 2.75) is 0 Å². The van der Waals surface area contributed by atoms with Crippen molar-refractivity contribution in [1.29, 1.82) is 0 Å². The summed E-state index contributed by atoms with van der Waals surface area (Å²) in [6.45, 7) is 0. The fourth-order valence-electron chi connectivity index (χ4n) is 1.69. The molecule has 0 spiro atoms. The number of nitrogens with two attached hydrogens (primary N) is 1. The Balaban J connectivity index is 2.26. The van der Waals surface area contributed by atoms with Crippen LogP contribution in [0.25, 0.3) is 0 Å². The molecule has 0 fully saturated rings. The van der Waals surface area contributed by atoms with Gasteiger partial charge < -0.3 is 20.9 Å². The maximum atomic E-state index is 12.1. The molecule has 5 nitrogen and oxygen atoms in total. The molecule has 0 heterocycles. The van der Waals surface area contributed by atoms with E-state index in [1.807, 2.05) is 0 Å². The van der Waals surface area contributed by atoms with Crippen molar-refractivity contribution in [3.8, 4) is 11.5 Å². The molecular formula is C14H13ClN2O3. The number of para-hydroxylation sites is 1. The lowest BCUT2D eigenvalue weighted by molar-refractivity contribution is 0.102. The van der Waals surface area contributed by atoms with Gasteiger partial charge in [-0.15, -0.1) is 0 Å². The van der Waals surface area contributed by atoms with Crippen molar-refractivity contribution in [2.75, 3.05) is 18.2 Å². The number of aromatic hydroxyl groups is 1. The van der Waals surface area contributed by atoms with Crippen molar-refractivity contribution >= 4 is 28.9 Å². The van der Waals surface area contributed by atoms with Crippen LogP contribution in [0, 0.1) is 0 Å². The standard InChI is InChI=1S/C14H13ClN2O3/c1-20-12-4-2-3-9(13(12)18)14(19)17-8-5-6-10(15)11(16)7-8/h2-7,18H,16H2,1H3,(H,17,19). The van der Waals surface area contributed by atoms with E-state index in [1.165, 1.54) is 19.2 Å². The second-order valence-electron chi connectivity index (χ2n) is 4.05. The molecule has 0 saturated heterocycles. The molecule has 20 heavy (non-hydrogen) atoms. The zero-order chi connectivity index (χ0) is 14.7. The summed E-state index contributed by atoms with van der Waals surface area (Å²) in [6.07, 6.45) is 0. The van der Waals surface area contributed by atoms with E-state index in [0.29, 0.717) is 16.4 Å². The van der Waals surface area contributed by atoms with E-state index >= 15 is 0 Å². The predicted octanol–water partition coefficient (Wildman–Crippen LogP) is 2.89. The quantitative estimate of drug-likeness (QED) is 0.759. The SMILES string of the molecule is COc1cccc(C(=O)Nc2ccc(Cl)c(N)c2)c1O. The van der Waals surface area contributed by atoms with Gasteiger partial charge in [-0.2, -0.15) is 0 Å². The van der Waals surface area contributed by atoms with Gasteiger partial charge in [-0.3, -0.25) is 4.79 Å². The van der Waals surface area contributed by atoms with Crippen LogP contribution in [0.2, 0.25) is 5.02 Å². The molecule has 2 aromatic rings. The molecule has 0 aliphatic carbocycles. The third kappa shape index (κ3) is 2.78. The first kappa shape index (κ1) is 14.0. The molecular weight excluding hydrogens is 280 g/mol. The van der Waals surface area contributed by atoms with Crippen molar-refractivity contribution in [2.24, 2.45) is 0 Å². The van der Waals surface area contributed by atoms with Gasteiger partial charge in [-0.05, 0) is 30.3 Å². The number of carbonyl (C=O) groups excluding carboxylic acids is 1. The summed E-state index contributed by atoms with van der Waals surface area (Å²) in [5, 5.41) is 12.9. The minimum absolute atomic E-state index is 0.109. The first-order chi connectivity index (χ1) is 9.52. The highest BCUT2D eigenvalue weighted by Gasteiger charge is 2.15. The minimum atomic E-state index is -0.469. The number of nitrogens with one attached hydrogen (secondary N) is 1. The number of methoxy groups -OCH3 is 1. The second kappa shape index (κ2) is 5.71. The van der Waals surface area contributed by atoms with Gasteiger partial charge in [0.05, 0.1) is 23.4 Å². The zero-order valence-electron chi connectivity index (χ0n) is 10.7. The highest BCUT2D eigenvalue weighted by Crippen LogP contribution is 2.30. The van der Waals surface area contributed by atoms with Crippen molar-refractivity contribution in [1.82, 2.24) is 0 Å². The largest absolute Gasteiger partial charge is 0.504 e. The Kier molecular flexibility index (Phi) is 4.00. The number of carbonyl (C=O) groups is 1. The monoisotopic (exact) mass is 292 g/mol. The molecule has 0 aromatic heterocycles. The van der Waals surface area contributed by atoms with Crippen LogP contribution in [0.15, 0.2) is 36.4 Å². The van der Waals surface area contributed by atoms with Crippen LogP contribution in [0.4, 0.5) is 11.4 Å². The van der Waals surface area contributed by atoms with Crippen LogP contribution >= 0.6 is 11.6 Å². The molecule has 0 radical (unpaired) electrons. The van der Waals surface area contributed by atoms with E-state index in [1.54, 1.807) is 24.3 Å². The van der Waals surface area contributed by atoms with Gasteiger partial charge in [0.15, 0.2) is 11.5 Å². The Morgan fingerprint density at radius 3 is 2.75 bits per heavy atom. The molecule has 0 aliphatic rings. The Morgan fingerprint density at radius 2 is 2.10 bits per heavy atom. The van der Waals surface area contributed by atoms with E-state index in [2.05, 4.69) is 5.32 Å². The van der Waals surface area contributed by atoms with Crippen molar-refractivity contribution in [3.63, 3.8) is 0 Å². The Morgan fingerprint density at radius 1 is 1.35 bits per heavy atom. The van der Waals surface area contributed by atoms with Gasteiger partial charge in [0.1, 0.15) is 0 Å². The van der Waals surface area contributed by atoms with E-state index < -0.39 is 5.91 Å². The van der Waals surface area contributed by atoms with Crippen LogP contribution in [0.3, 0.4) is 0 Å². The lowest BCUT2D eigenvalue weighted by Crippen LogP contribution is -2.12. The molecule has 104 valence electrons. The highest BCUT2D eigenvalue weighted by atomic mass is 35.5. The number of phenolic OH excluding ortho intramolecular Hbond substituents is 1. The molecule has 2 aromatic carbocycles. The average Bonchev–Trinajstić information content (AvgIpc) is 2.43. The van der Waals surface area contributed by atoms with E-state index in [9.17, 15) is 9.90 Å². The molecule has 0 unspecified atom stereocenters. The summed E-state index contributed by atoms with van der Waals surface area (Å²) in [6, 6.07) is 9.41. The van der Waals surface area contributed by atoms with Gasteiger partial charge in [0, 0.05) is 5.69 Å². The first-order valence-corrected chi connectivity index (χ1v) is 6.13. The van der Waals surface area contributed by atoms with Crippen molar-refractivity contribution < 1.29 is 14.6 Å². The Bertz CT molecular complexity index is 659. The normalized spacial score (nSPS) is 10.1. The summed E-state index contributed by atoms with van der Waals surface area (Å²) >= 11 is 5.80. The van der Waals surface area contributed by atoms with Crippen LogP contribution in [-0.4, -0.2) is 18.1 Å². The minimum Gasteiger partial charge on any atom is -0.504 e. The number of nitrogen functional groups attached to an aromatic ring is 1. The van der Waals surface area contributed by atoms with Crippen molar-refractivity contribution in [3.05, 3.63) is 47.0 Å². The molecule has 1 amide bonds. The molecule has 2 rings (SSSR count). The second-order valence-corrected chi connectivity index (χ2v) is 4.45. The molecule has 0 aliphatic heterocycles. The van der Waals surface area contributed by atoms with Gasteiger partial charge in [0.25, 0.3) is 5.91 Å². The number of amides is 1. The van der Waals surface area contributed by atoms with E-state index in [4.69, 9.17) is 22.1 Å². The number of hydrogen-bond acceptors (Lipinski definition) is 4. The molecule has 0 atom stereocenters. The first-order valence-electron chi connectivity index (χ1n) is 5.75. The number of rotatable bonds is 3. The number of phenols is 1. The highest BCUT2D eigenvalue weighted by molar-refractivity contribution is 6.33. The van der Waals surface area contributed by atoms with Gasteiger partial charge in [0.2, 0.25) is 0 Å². The fraction of sp³-hybridized carbons (Fsp3) is 0.0714. The smallest absolute Gasteiger partial charge is 0.259 e. The summed E-state index contributed by atoms with van der Waals surface area (Å²) in [7, 11) is 1.41. The summed E-state index contributed by atoms with van der Waals surface area (Å²) in [5.74, 6) is -0.453. The zero-order valence-corrected chi connectivity index (χ0v) is 11.4. The van der Waals surface area contributed by atoms with Gasteiger partial charge in [-0.1, -0.05) is 17.7 Å². The van der Waals surface area contributed by atoms with Gasteiger partial charge in [-0.25, -0.2) is 0 Å². The lowest BCUT2D eigenvalue weighted by Gasteiger charge is -2.10. The van der Waals surface area contributed by atoms with Crippen LogP contribution < -0.4 is 15.8 Å². The molecule has 0 saturated carbocycles. The number of halogens is 1. The summed E-state index contributed by atoms with van der Waals surface area (Å²) < 4.78 is 4.95. The van der Waals surface area contributed by atoms with Crippen LogP contribution in [-0.2, 0) is 0 Å². The van der Waals surface area contributed by atoms with E-state index in [0.717, 1.165) is 0 Å². The maximum Gasteiger partial charge on any atom is 0.259 e. The molecule has 0 bridgehead atoms. The lowest BCUT2D eigenvalue weighted by atomic mass is 10.1.